The van der Waals surface area contributed by atoms with E-state index in [1.807, 2.05) is 0 Å². The summed E-state index contributed by atoms with van der Waals surface area (Å²) in [6, 6.07) is -0.309. The highest BCUT2D eigenvalue weighted by atomic mass is 16.2. The molecule has 2 amide bonds. The van der Waals surface area contributed by atoms with Gasteiger partial charge in [0, 0.05) is 39.3 Å². The van der Waals surface area contributed by atoms with E-state index in [2.05, 4.69) is 24.7 Å². The van der Waals surface area contributed by atoms with Crippen LogP contribution in [-0.2, 0) is 0 Å². The van der Waals surface area contributed by atoms with Crippen LogP contribution >= 0.6 is 0 Å². The van der Waals surface area contributed by atoms with Crippen molar-refractivity contribution in [2.75, 3.05) is 66.5 Å². The van der Waals surface area contributed by atoms with Crippen molar-refractivity contribution in [3.05, 3.63) is 0 Å². The first-order chi connectivity index (χ1) is 8.01. The third-order valence-electron chi connectivity index (χ3n) is 3.22. The number of hydrogen-bond donors (Lipinski definition) is 3. The van der Waals surface area contributed by atoms with Crippen LogP contribution in [0, 0.1) is 0 Å². The minimum atomic E-state index is -0.309. The molecule has 0 unspecified atom stereocenters. The van der Waals surface area contributed by atoms with Gasteiger partial charge in [0.2, 0.25) is 0 Å². The maximum Gasteiger partial charge on any atom is 0.314 e. The van der Waals surface area contributed by atoms with Gasteiger partial charge in [0.1, 0.15) is 0 Å². The monoisotopic (exact) mass is 244 g/mol. The van der Waals surface area contributed by atoms with E-state index in [0.717, 1.165) is 26.2 Å². The fourth-order valence-electron chi connectivity index (χ4n) is 1.89. The summed E-state index contributed by atoms with van der Waals surface area (Å²) in [7, 11) is 4.56. The summed E-state index contributed by atoms with van der Waals surface area (Å²) in [4.78, 5) is 12.1. The summed E-state index contributed by atoms with van der Waals surface area (Å²) in [6.07, 6.45) is 0. The molecule has 0 aliphatic carbocycles. The van der Waals surface area contributed by atoms with Crippen LogP contribution < -0.4 is 16.4 Å². The largest absolute Gasteiger partial charge is 0.351 e. The van der Waals surface area contributed by atoms with Gasteiger partial charge in [0.05, 0.1) is 27.2 Å². The Balaban J connectivity index is 0.000000171. The molecule has 100 valence electrons. The van der Waals surface area contributed by atoms with Gasteiger partial charge in [-0.2, -0.15) is 0 Å². The van der Waals surface area contributed by atoms with Gasteiger partial charge in [-0.15, -0.1) is 0 Å². The second-order valence-corrected chi connectivity index (χ2v) is 5.21. The highest BCUT2D eigenvalue weighted by Gasteiger charge is 2.17. The quantitative estimate of drug-likeness (QED) is 0.461. The number of nitrogens with two attached hydrogens (primary N) is 1. The van der Waals surface area contributed by atoms with Gasteiger partial charge in [-0.3, -0.25) is 0 Å². The van der Waals surface area contributed by atoms with Crippen molar-refractivity contribution in [1.29, 1.82) is 0 Å². The zero-order valence-corrected chi connectivity index (χ0v) is 11.0. The van der Waals surface area contributed by atoms with Crippen molar-refractivity contribution in [2.45, 2.75) is 0 Å². The molecule has 4 N–H and O–H groups in total. The summed E-state index contributed by atoms with van der Waals surface area (Å²) >= 11 is 0. The Labute approximate surface area is 104 Å². The van der Waals surface area contributed by atoms with Gasteiger partial charge in [0.15, 0.2) is 0 Å². The number of amides is 2. The van der Waals surface area contributed by atoms with E-state index in [9.17, 15) is 4.79 Å². The van der Waals surface area contributed by atoms with Crippen molar-refractivity contribution < 1.29 is 9.28 Å². The fourth-order valence-corrected chi connectivity index (χ4v) is 1.89. The molecule has 6 heteroatoms. The van der Waals surface area contributed by atoms with E-state index in [4.69, 9.17) is 5.73 Å². The van der Waals surface area contributed by atoms with Gasteiger partial charge < -0.3 is 25.8 Å². The number of piperazine rings is 2. The number of carbonyl (C=O) groups excluding carboxylic acids is 1. The molecule has 0 saturated carbocycles. The second kappa shape index (κ2) is 6.78. The van der Waals surface area contributed by atoms with Crippen molar-refractivity contribution in [3.8, 4) is 0 Å². The molecule has 17 heavy (non-hydrogen) atoms. The maximum absolute atomic E-state index is 10.5. The van der Waals surface area contributed by atoms with Crippen LogP contribution in [0.3, 0.4) is 0 Å². The number of hydrogen-bond acceptors (Lipinski definition) is 3. The zero-order chi connectivity index (χ0) is 12.7. The van der Waals surface area contributed by atoms with E-state index in [-0.39, 0.29) is 6.03 Å². The number of carbonyl (C=O) groups is 1. The minimum Gasteiger partial charge on any atom is -0.351 e. The van der Waals surface area contributed by atoms with Crippen LogP contribution in [0.15, 0.2) is 0 Å². The molecule has 2 aliphatic heterocycles. The topological polar surface area (TPSA) is 70.4 Å². The van der Waals surface area contributed by atoms with Crippen LogP contribution in [0.5, 0.6) is 0 Å². The Bertz CT molecular complexity index is 230. The predicted octanol–water partition coefficient (Wildman–Crippen LogP) is -1.36. The molecule has 6 nitrogen and oxygen atoms in total. The van der Waals surface area contributed by atoms with Gasteiger partial charge in [0.25, 0.3) is 0 Å². The van der Waals surface area contributed by atoms with Crippen molar-refractivity contribution >= 4 is 6.03 Å². The third kappa shape index (κ3) is 5.86. The van der Waals surface area contributed by atoms with E-state index in [0.29, 0.717) is 0 Å². The molecule has 2 saturated heterocycles. The third-order valence-corrected chi connectivity index (χ3v) is 3.22. The van der Waals surface area contributed by atoms with Gasteiger partial charge in [-0.25, -0.2) is 4.79 Å². The Kier molecular flexibility index (Phi) is 5.67. The summed E-state index contributed by atoms with van der Waals surface area (Å²) < 4.78 is 1.19. The van der Waals surface area contributed by atoms with Crippen LogP contribution in [0.2, 0.25) is 0 Å². The summed E-state index contributed by atoms with van der Waals surface area (Å²) in [5.41, 5.74) is 5.03. The number of nitrogens with zero attached hydrogens (tertiary/aromatic N) is 2. The fraction of sp³-hybridized carbons (Fsp3) is 0.909. The smallest absolute Gasteiger partial charge is 0.314 e. The average Bonchev–Trinajstić information content (AvgIpc) is 2.30. The number of likely N-dealkylation sites (N-methyl/N-ethyl adjacent to an activating group) is 1. The molecule has 0 bridgehead atoms. The number of quaternary nitrogens is 1. The van der Waals surface area contributed by atoms with Crippen LogP contribution in [0.1, 0.15) is 0 Å². The first kappa shape index (κ1) is 14.2. The van der Waals surface area contributed by atoms with Crippen molar-refractivity contribution in [2.24, 2.45) is 5.73 Å². The minimum absolute atomic E-state index is 0.309. The number of urea groups is 1. The lowest BCUT2D eigenvalue weighted by Crippen LogP contribution is -2.53. The Hall–Kier alpha value is -0.850. The van der Waals surface area contributed by atoms with Crippen LogP contribution in [0.4, 0.5) is 4.79 Å². The normalized spacial score (nSPS) is 23.5. The summed E-state index contributed by atoms with van der Waals surface area (Å²) in [6.45, 7) is 8.15. The molecule has 2 heterocycles. The molecule has 2 rings (SSSR count). The SMILES string of the molecule is C[N+]1(C)CCNCC1.NC(=O)N1CCNCC1. The van der Waals surface area contributed by atoms with Crippen LogP contribution in [0.25, 0.3) is 0 Å². The predicted molar refractivity (Wildman–Crippen MR) is 68.7 cm³/mol. The van der Waals surface area contributed by atoms with Crippen molar-refractivity contribution in [1.82, 2.24) is 15.5 Å². The highest BCUT2D eigenvalue weighted by Crippen LogP contribution is 1.96. The first-order valence-corrected chi connectivity index (χ1v) is 6.29. The average molecular weight is 244 g/mol. The molecular formula is C11H26N5O+. The highest BCUT2D eigenvalue weighted by molar-refractivity contribution is 5.72. The molecule has 0 aromatic carbocycles. The molecule has 0 spiro atoms. The molecule has 0 radical (unpaired) electrons. The second-order valence-electron chi connectivity index (χ2n) is 5.21. The summed E-state index contributed by atoms with van der Waals surface area (Å²) in [5.74, 6) is 0. The summed E-state index contributed by atoms with van der Waals surface area (Å²) in [5, 5.41) is 6.44. The van der Waals surface area contributed by atoms with Gasteiger partial charge >= 0.3 is 6.03 Å². The Morgan fingerprint density at radius 1 is 1.06 bits per heavy atom. The van der Waals surface area contributed by atoms with Gasteiger partial charge in [-0.1, -0.05) is 0 Å². The van der Waals surface area contributed by atoms with E-state index < -0.39 is 0 Å². The van der Waals surface area contributed by atoms with E-state index >= 15 is 0 Å². The lowest BCUT2D eigenvalue weighted by molar-refractivity contribution is -0.891. The van der Waals surface area contributed by atoms with E-state index in [1.54, 1.807) is 4.90 Å². The molecule has 0 atom stereocenters. The molecule has 2 aliphatic rings. The number of primary amides is 1. The molecule has 0 aromatic heterocycles. The number of nitrogens with one attached hydrogen (secondary N) is 2. The number of rotatable bonds is 0. The standard InChI is InChI=1S/C6H15N2.C5H11N3O/c1-8(2)5-3-7-4-6-8;6-5(9)8-3-1-7-2-4-8/h7H,3-6H2,1-2H3;7H,1-4H2,(H2,6,9)/q+1;. The zero-order valence-electron chi connectivity index (χ0n) is 11.0. The molecule has 0 aromatic rings. The Morgan fingerprint density at radius 2 is 1.53 bits per heavy atom. The first-order valence-electron chi connectivity index (χ1n) is 6.29. The maximum atomic E-state index is 10.5. The van der Waals surface area contributed by atoms with Gasteiger partial charge in [-0.05, 0) is 0 Å². The lowest BCUT2D eigenvalue weighted by atomic mass is 10.3. The molecule has 2 fully saturated rings. The van der Waals surface area contributed by atoms with Crippen LogP contribution in [-0.4, -0.2) is 81.9 Å². The lowest BCUT2D eigenvalue weighted by Gasteiger charge is -2.33. The molecular weight excluding hydrogens is 218 g/mol. The van der Waals surface area contributed by atoms with E-state index in [1.165, 1.54) is 30.7 Å². The Morgan fingerprint density at radius 3 is 1.82 bits per heavy atom. The van der Waals surface area contributed by atoms with Crippen molar-refractivity contribution in [3.63, 3.8) is 0 Å².